The van der Waals surface area contributed by atoms with Gasteiger partial charge in [-0.15, -0.1) is 0 Å². The van der Waals surface area contributed by atoms with Crippen molar-refractivity contribution in [1.82, 2.24) is 9.80 Å². The quantitative estimate of drug-likeness (QED) is 0.864. The monoisotopic (exact) mass is 323 g/mol. The van der Waals surface area contributed by atoms with Crippen LogP contribution in [0.4, 0.5) is 0 Å². The molecule has 3 atom stereocenters. The number of rotatable bonds is 3. The molecule has 0 aromatic rings. The van der Waals surface area contributed by atoms with Crippen molar-refractivity contribution in [2.75, 3.05) is 19.6 Å². The smallest absolute Gasteiger partial charge is 0.245 e. The Hall–Kier alpha value is -1.10. The van der Waals surface area contributed by atoms with Crippen molar-refractivity contribution in [3.63, 3.8) is 0 Å². The number of amides is 2. The fraction of sp³-hybridized carbons (Fsp3) is 0.889. The zero-order valence-corrected chi connectivity index (χ0v) is 15.2. The summed E-state index contributed by atoms with van der Waals surface area (Å²) in [5.74, 6) is 0.636. The number of hydrogen-bond donors (Lipinski definition) is 1. The molecule has 0 radical (unpaired) electrons. The van der Waals surface area contributed by atoms with Gasteiger partial charge in [0.05, 0.1) is 0 Å². The fourth-order valence-electron chi connectivity index (χ4n) is 3.73. The molecule has 0 spiro atoms. The summed E-state index contributed by atoms with van der Waals surface area (Å²) in [5.41, 5.74) is 5.98. The Balaban J connectivity index is 2.01. The second kappa shape index (κ2) is 7.20. The van der Waals surface area contributed by atoms with E-state index in [1.165, 1.54) is 0 Å². The van der Waals surface area contributed by atoms with Gasteiger partial charge in [0.15, 0.2) is 0 Å². The van der Waals surface area contributed by atoms with Crippen LogP contribution in [0.1, 0.15) is 59.8 Å². The molecular formula is C18H33N3O2. The van der Waals surface area contributed by atoms with Crippen LogP contribution in [0.5, 0.6) is 0 Å². The van der Waals surface area contributed by atoms with Gasteiger partial charge in [-0.3, -0.25) is 9.59 Å². The van der Waals surface area contributed by atoms with Gasteiger partial charge in [0.1, 0.15) is 6.04 Å². The van der Waals surface area contributed by atoms with Gasteiger partial charge in [-0.2, -0.15) is 0 Å². The average molecular weight is 323 g/mol. The number of nitrogens with zero attached hydrogens (tertiary/aromatic N) is 2. The number of carbonyl (C=O) groups is 2. The van der Waals surface area contributed by atoms with Crippen molar-refractivity contribution >= 4 is 11.8 Å². The van der Waals surface area contributed by atoms with E-state index in [1.54, 1.807) is 0 Å². The normalized spacial score (nSPS) is 27.2. The summed E-state index contributed by atoms with van der Waals surface area (Å²) in [6.45, 7) is 10.5. The van der Waals surface area contributed by atoms with Gasteiger partial charge in [0.2, 0.25) is 11.8 Å². The van der Waals surface area contributed by atoms with E-state index in [4.69, 9.17) is 5.73 Å². The van der Waals surface area contributed by atoms with Crippen LogP contribution in [0.25, 0.3) is 0 Å². The largest absolute Gasteiger partial charge is 0.341 e. The number of carbonyl (C=O) groups excluding carboxylic acids is 2. The lowest BCUT2D eigenvalue weighted by molar-refractivity contribution is -0.146. The van der Waals surface area contributed by atoms with E-state index >= 15 is 0 Å². The predicted octanol–water partition coefficient (Wildman–Crippen LogP) is 2.00. The van der Waals surface area contributed by atoms with E-state index in [0.29, 0.717) is 12.3 Å². The van der Waals surface area contributed by atoms with Crippen LogP contribution in [0.2, 0.25) is 0 Å². The van der Waals surface area contributed by atoms with Crippen molar-refractivity contribution in [2.45, 2.75) is 71.9 Å². The summed E-state index contributed by atoms with van der Waals surface area (Å²) >= 11 is 0. The average Bonchev–Trinajstić information content (AvgIpc) is 2.94. The second-order valence-electron chi connectivity index (χ2n) is 8.53. The molecule has 2 amide bonds. The Morgan fingerprint density at radius 3 is 2.43 bits per heavy atom. The van der Waals surface area contributed by atoms with E-state index in [-0.39, 0.29) is 29.3 Å². The van der Waals surface area contributed by atoms with E-state index in [1.807, 2.05) is 16.7 Å². The molecule has 0 aromatic heterocycles. The maximum atomic E-state index is 12.9. The van der Waals surface area contributed by atoms with Crippen molar-refractivity contribution < 1.29 is 9.59 Å². The number of likely N-dealkylation sites (tertiary alicyclic amines) is 2. The Labute approximate surface area is 140 Å². The highest BCUT2D eigenvalue weighted by atomic mass is 16.2. The molecule has 0 aliphatic carbocycles. The number of piperidine rings is 1. The van der Waals surface area contributed by atoms with Crippen LogP contribution in [0, 0.1) is 11.3 Å². The van der Waals surface area contributed by atoms with Gasteiger partial charge in [-0.25, -0.2) is 0 Å². The fourth-order valence-corrected chi connectivity index (χ4v) is 3.73. The molecule has 0 aromatic carbocycles. The van der Waals surface area contributed by atoms with Crippen LogP contribution in [-0.2, 0) is 9.59 Å². The van der Waals surface area contributed by atoms with Gasteiger partial charge < -0.3 is 15.5 Å². The molecule has 2 aliphatic rings. The third-order valence-electron chi connectivity index (χ3n) is 5.05. The first-order valence-electron chi connectivity index (χ1n) is 9.03. The molecule has 2 rings (SSSR count). The van der Waals surface area contributed by atoms with Crippen LogP contribution in [0.15, 0.2) is 0 Å². The Morgan fingerprint density at radius 1 is 1.17 bits per heavy atom. The van der Waals surface area contributed by atoms with E-state index in [0.717, 1.165) is 45.3 Å². The van der Waals surface area contributed by atoms with Crippen LogP contribution in [-0.4, -0.2) is 53.3 Å². The summed E-state index contributed by atoms with van der Waals surface area (Å²) in [4.78, 5) is 29.3. The molecule has 3 unspecified atom stereocenters. The minimum atomic E-state index is -0.253. The Kier molecular flexibility index (Phi) is 5.71. The summed E-state index contributed by atoms with van der Waals surface area (Å²) in [6.07, 6.45) is 4.34. The van der Waals surface area contributed by atoms with Crippen molar-refractivity contribution in [3.05, 3.63) is 0 Å². The molecule has 5 heteroatoms. The molecule has 0 saturated carbocycles. The summed E-state index contributed by atoms with van der Waals surface area (Å²) in [7, 11) is 0. The van der Waals surface area contributed by atoms with Crippen LogP contribution >= 0.6 is 0 Å². The lowest BCUT2D eigenvalue weighted by Gasteiger charge is -2.37. The Bertz CT molecular complexity index is 442. The van der Waals surface area contributed by atoms with E-state index in [9.17, 15) is 9.59 Å². The highest BCUT2D eigenvalue weighted by Gasteiger charge is 2.38. The standard InChI is InChI=1S/C18H33N3O2/c1-13(19)14-7-5-9-20(12-14)17(23)15-8-6-10-21(15)16(22)11-18(2,3)4/h13-15H,5-12,19H2,1-4H3. The molecule has 2 aliphatic heterocycles. The van der Waals surface area contributed by atoms with E-state index < -0.39 is 0 Å². The maximum absolute atomic E-state index is 12.9. The summed E-state index contributed by atoms with van der Waals surface area (Å²) in [6, 6.07) is -0.135. The lowest BCUT2D eigenvalue weighted by Crippen LogP contribution is -2.52. The summed E-state index contributed by atoms with van der Waals surface area (Å²) in [5, 5.41) is 0. The molecule has 0 bridgehead atoms. The molecule has 132 valence electrons. The first kappa shape index (κ1) is 18.2. The van der Waals surface area contributed by atoms with Crippen molar-refractivity contribution in [3.8, 4) is 0 Å². The Morgan fingerprint density at radius 2 is 1.83 bits per heavy atom. The minimum Gasteiger partial charge on any atom is -0.341 e. The maximum Gasteiger partial charge on any atom is 0.245 e. The molecule has 2 heterocycles. The second-order valence-corrected chi connectivity index (χ2v) is 8.53. The minimum absolute atomic E-state index is 0.0432. The van der Waals surface area contributed by atoms with Gasteiger partial charge in [-0.1, -0.05) is 20.8 Å². The molecule has 2 saturated heterocycles. The zero-order valence-electron chi connectivity index (χ0n) is 15.2. The third-order valence-corrected chi connectivity index (χ3v) is 5.05. The van der Waals surface area contributed by atoms with Crippen molar-refractivity contribution in [2.24, 2.45) is 17.1 Å². The van der Waals surface area contributed by atoms with Gasteiger partial charge >= 0.3 is 0 Å². The van der Waals surface area contributed by atoms with Crippen LogP contribution < -0.4 is 5.73 Å². The third kappa shape index (κ3) is 4.69. The van der Waals surface area contributed by atoms with E-state index in [2.05, 4.69) is 20.8 Å². The zero-order chi connectivity index (χ0) is 17.2. The molecule has 5 nitrogen and oxygen atoms in total. The van der Waals surface area contributed by atoms with Gasteiger partial charge in [-0.05, 0) is 43.9 Å². The molecular weight excluding hydrogens is 290 g/mol. The van der Waals surface area contributed by atoms with Gasteiger partial charge in [0.25, 0.3) is 0 Å². The number of hydrogen-bond acceptors (Lipinski definition) is 3. The topological polar surface area (TPSA) is 66.6 Å². The number of nitrogens with two attached hydrogens (primary N) is 1. The molecule has 2 fully saturated rings. The first-order valence-corrected chi connectivity index (χ1v) is 9.03. The molecule has 2 N–H and O–H groups in total. The highest BCUT2D eigenvalue weighted by Crippen LogP contribution is 2.27. The van der Waals surface area contributed by atoms with Crippen molar-refractivity contribution in [1.29, 1.82) is 0 Å². The highest BCUT2D eigenvalue weighted by molar-refractivity contribution is 5.88. The molecule has 23 heavy (non-hydrogen) atoms. The lowest BCUT2D eigenvalue weighted by atomic mass is 9.91. The SMILES string of the molecule is CC(N)C1CCCN(C(=O)C2CCCN2C(=O)CC(C)(C)C)C1. The van der Waals surface area contributed by atoms with Gasteiger partial charge in [0, 0.05) is 32.1 Å². The summed E-state index contributed by atoms with van der Waals surface area (Å²) < 4.78 is 0. The first-order chi connectivity index (χ1) is 10.7. The van der Waals surface area contributed by atoms with Crippen LogP contribution in [0.3, 0.4) is 0 Å². The predicted molar refractivity (Wildman–Crippen MR) is 91.8 cm³/mol.